The Morgan fingerprint density at radius 1 is 1.25 bits per heavy atom. The van der Waals surface area contributed by atoms with Crippen molar-refractivity contribution < 1.29 is 19.3 Å². The van der Waals surface area contributed by atoms with Crippen LogP contribution in [-0.4, -0.2) is 54.7 Å². The van der Waals surface area contributed by atoms with E-state index < -0.39 is 0 Å². The number of aliphatic hydroxyl groups is 1. The minimum atomic E-state index is -0.329. The molecule has 0 saturated carbocycles. The molecule has 0 aromatic carbocycles. The number of methoxy groups -OCH3 is 2. The Hall–Kier alpha value is -1.44. The van der Waals surface area contributed by atoms with E-state index in [2.05, 4.69) is 15.3 Å². The van der Waals surface area contributed by atoms with Crippen molar-refractivity contribution in [1.82, 2.24) is 15.3 Å². The minimum Gasteiger partial charge on any atom is -0.481 e. The first kappa shape index (κ1) is 15.0. The molecule has 2 heterocycles. The molecular weight excluding hydrogens is 262 g/mol. The van der Waals surface area contributed by atoms with Crippen molar-refractivity contribution in [2.24, 2.45) is 0 Å². The lowest BCUT2D eigenvalue weighted by Gasteiger charge is -2.36. The zero-order chi connectivity index (χ0) is 14.4. The van der Waals surface area contributed by atoms with Crippen LogP contribution in [0.4, 0.5) is 0 Å². The van der Waals surface area contributed by atoms with Crippen LogP contribution in [0.3, 0.4) is 0 Å². The van der Waals surface area contributed by atoms with E-state index in [1.54, 1.807) is 14.2 Å². The van der Waals surface area contributed by atoms with Gasteiger partial charge in [-0.2, -0.15) is 0 Å². The second-order valence-corrected chi connectivity index (χ2v) is 4.78. The van der Waals surface area contributed by atoms with Crippen LogP contribution in [0.2, 0.25) is 0 Å². The van der Waals surface area contributed by atoms with Gasteiger partial charge in [-0.25, -0.2) is 9.97 Å². The Bertz CT molecular complexity index is 413. The van der Waals surface area contributed by atoms with Crippen LogP contribution in [0, 0.1) is 0 Å². The average molecular weight is 283 g/mol. The number of aliphatic hydroxyl groups excluding tert-OH is 1. The summed E-state index contributed by atoms with van der Waals surface area (Å²) < 4.78 is 15.8. The van der Waals surface area contributed by atoms with E-state index in [4.69, 9.17) is 14.2 Å². The van der Waals surface area contributed by atoms with Gasteiger partial charge >= 0.3 is 0 Å². The highest BCUT2D eigenvalue weighted by Crippen LogP contribution is 2.26. The standard InChI is InChI=1S/C13H21N3O4/c1-18-11-10(12(19-2)15-9-14-11)7-16-13(8-17)3-5-20-6-4-13/h9,16-17H,3-8H2,1-2H3. The summed E-state index contributed by atoms with van der Waals surface area (Å²) in [5, 5.41) is 13.0. The normalized spacial score (nSPS) is 17.8. The summed E-state index contributed by atoms with van der Waals surface area (Å²) >= 11 is 0. The molecule has 0 amide bonds. The maximum Gasteiger partial charge on any atom is 0.224 e. The number of aromatic nitrogens is 2. The molecule has 0 spiro atoms. The molecule has 2 rings (SSSR count). The van der Waals surface area contributed by atoms with Crippen molar-refractivity contribution in [2.45, 2.75) is 24.9 Å². The van der Waals surface area contributed by atoms with Gasteiger partial charge in [-0.1, -0.05) is 0 Å². The second-order valence-electron chi connectivity index (χ2n) is 4.78. The topological polar surface area (TPSA) is 85.7 Å². The van der Waals surface area contributed by atoms with Gasteiger partial charge < -0.3 is 24.6 Å². The Kier molecular flexibility index (Phi) is 5.11. The van der Waals surface area contributed by atoms with Crippen molar-refractivity contribution in [2.75, 3.05) is 34.0 Å². The molecule has 112 valence electrons. The molecule has 1 aliphatic rings. The van der Waals surface area contributed by atoms with Gasteiger partial charge in [0, 0.05) is 25.3 Å². The fourth-order valence-electron chi connectivity index (χ4n) is 2.31. The smallest absolute Gasteiger partial charge is 0.224 e. The van der Waals surface area contributed by atoms with Crippen LogP contribution in [-0.2, 0) is 11.3 Å². The van der Waals surface area contributed by atoms with Gasteiger partial charge in [0.25, 0.3) is 0 Å². The van der Waals surface area contributed by atoms with Gasteiger partial charge in [0.15, 0.2) is 0 Å². The maximum absolute atomic E-state index is 9.66. The summed E-state index contributed by atoms with van der Waals surface area (Å²) in [5.41, 5.74) is 0.418. The molecule has 0 atom stereocenters. The molecule has 2 N–H and O–H groups in total. The van der Waals surface area contributed by atoms with Crippen molar-refractivity contribution in [3.05, 3.63) is 11.9 Å². The predicted molar refractivity (Wildman–Crippen MR) is 71.8 cm³/mol. The van der Waals surface area contributed by atoms with E-state index in [0.29, 0.717) is 31.5 Å². The van der Waals surface area contributed by atoms with E-state index >= 15 is 0 Å². The van der Waals surface area contributed by atoms with Gasteiger partial charge in [0.1, 0.15) is 6.33 Å². The largest absolute Gasteiger partial charge is 0.481 e. The summed E-state index contributed by atoms with van der Waals surface area (Å²) in [6, 6.07) is 0. The van der Waals surface area contributed by atoms with Crippen LogP contribution >= 0.6 is 0 Å². The first-order valence-corrected chi connectivity index (χ1v) is 6.60. The van der Waals surface area contributed by atoms with Gasteiger partial charge in [-0.3, -0.25) is 0 Å². The van der Waals surface area contributed by atoms with Gasteiger partial charge in [-0.05, 0) is 12.8 Å². The summed E-state index contributed by atoms with van der Waals surface area (Å²) in [4.78, 5) is 8.16. The highest BCUT2D eigenvalue weighted by atomic mass is 16.5. The van der Waals surface area contributed by atoms with E-state index in [1.807, 2.05) is 0 Å². The number of hydrogen-bond acceptors (Lipinski definition) is 7. The molecule has 7 nitrogen and oxygen atoms in total. The number of ether oxygens (including phenoxy) is 3. The van der Waals surface area contributed by atoms with Gasteiger partial charge in [-0.15, -0.1) is 0 Å². The average Bonchev–Trinajstić information content (AvgIpc) is 2.53. The first-order chi connectivity index (χ1) is 9.74. The Balaban J connectivity index is 2.13. The molecule has 1 aliphatic heterocycles. The number of rotatable bonds is 6. The molecule has 1 aromatic rings. The molecule has 0 radical (unpaired) electrons. The van der Waals surface area contributed by atoms with Crippen LogP contribution in [0.5, 0.6) is 11.8 Å². The zero-order valence-electron chi connectivity index (χ0n) is 11.9. The van der Waals surface area contributed by atoms with Gasteiger partial charge in [0.05, 0.1) is 26.4 Å². The number of nitrogens with one attached hydrogen (secondary N) is 1. The van der Waals surface area contributed by atoms with E-state index in [0.717, 1.165) is 18.4 Å². The van der Waals surface area contributed by atoms with Crippen molar-refractivity contribution in [3.8, 4) is 11.8 Å². The second kappa shape index (κ2) is 6.83. The third-order valence-electron chi connectivity index (χ3n) is 3.65. The third-order valence-corrected chi connectivity index (χ3v) is 3.65. The van der Waals surface area contributed by atoms with Crippen LogP contribution in [0.15, 0.2) is 6.33 Å². The fraction of sp³-hybridized carbons (Fsp3) is 0.692. The van der Waals surface area contributed by atoms with Gasteiger partial charge in [0.2, 0.25) is 11.8 Å². The quantitative estimate of drug-likeness (QED) is 0.767. The lowest BCUT2D eigenvalue weighted by molar-refractivity contribution is 0.0110. The Morgan fingerprint density at radius 2 is 1.85 bits per heavy atom. The van der Waals surface area contributed by atoms with E-state index in [1.165, 1.54) is 6.33 Å². The summed E-state index contributed by atoms with van der Waals surface area (Å²) in [6.07, 6.45) is 2.93. The van der Waals surface area contributed by atoms with E-state index in [-0.39, 0.29) is 12.1 Å². The van der Waals surface area contributed by atoms with Crippen molar-refractivity contribution >= 4 is 0 Å². The minimum absolute atomic E-state index is 0.0642. The van der Waals surface area contributed by atoms with Crippen molar-refractivity contribution in [1.29, 1.82) is 0 Å². The Labute approximate surface area is 118 Å². The molecule has 0 aliphatic carbocycles. The molecule has 7 heteroatoms. The first-order valence-electron chi connectivity index (χ1n) is 6.60. The maximum atomic E-state index is 9.66. The monoisotopic (exact) mass is 283 g/mol. The van der Waals surface area contributed by atoms with Crippen molar-refractivity contribution in [3.63, 3.8) is 0 Å². The van der Waals surface area contributed by atoms with Crippen LogP contribution in [0.25, 0.3) is 0 Å². The molecule has 1 aromatic heterocycles. The molecule has 1 fully saturated rings. The molecule has 1 saturated heterocycles. The summed E-state index contributed by atoms with van der Waals surface area (Å²) in [5.74, 6) is 0.953. The Morgan fingerprint density at radius 3 is 2.35 bits per heavy atom. The van der Waals surface area contributed by atoms with Crippen LogP contribution < -0.4 is 14.8 Å². The molecule has 0 unspecified atom stereocenters. The molecule has 20 heavy (non-hydrogen) atoms. The zero-order valence-corrected chi connectivity index (χ0v) is 11.9. The van der Waals surface area contributed by atoms with Crippen LogP contribution in [0.1, 0.15) is 18.4 Å². The molecular formula is C13H21N3O4. The van der Waals surface area contributed by atoms with E-state index in [9.17, 15) is 5.11 Å². The summed E-state index contributed by atoms with van der Waals surface area (Å²) in [6.45, 7) is 1.82. The highest BCUT2D eigenvalue weighted by Gasteiger charge is 2.32. The SMILES string of the molecule is COc1ncnc(OC)c1CNC1(CO)CCOCC1. The predicted octanol–water partition coefficient (Wildman–Crippen LogP) is 0.125. The lowest BCUT2D eigenvalue weighted by Crippen LogP contribution is -2.51. The third kappa shape index (κ3) is 3.17. The number of nitrogens with zero attached hydrogens (tertiary/aromatic N) is 2. The molecule has 0 bridgehead atoms. The number of hydrogen-bond donors (Lipinski definition) is 2. The summed E-state index contributed by atoms with van der Waals surface area (Å²) in [7, 11) is 3.11. The highest BCUT2D eigenvalue weighted by molar-refractivity contribution is 5.34. The fourth-order valence-corrected chi connectivity index (χ4v) is 2.31. The lowest BCUT2D eigenvalue weighted by atomic mass is 9.91.